The number of nitrogens with one attached hydrogen (secondary N) is 2. The van der Waals surface area contributed by atoms with Gasteiger partial charge < -0.3 is 4.74 Å². The summed E-state index contributed by atoms with van der Waals surface area (Å²) in [7, 11) is -7.44. The summed E-state index contributed by atoms with van der Waals surface area (Å²) >= 11 is 0. The Morgan fingerprint density at radius 3 is 1.08 bits per heavy atom. The summed E-state index contributed by atoms with van der Waals surface area (Å²) in [4.78, 5) is 0.381. The van der Waals surface area contributed by atoms with Gasteiger partial charge in [-0.3, -0.25) is 9.44 Å². The third-order valence-corrected chi connectivity index (χ3v) is 8.96. The first-order valence-electron chi connectivity index (χ1n) is 12.6. The van der Waals surface area contributed by atoms with Gasteiger partial charge in [0, 0.05) is 11.4 Å². The highest BCUT2D eigenvalue weighted by atomic mass is 32.2. The molecule has 0 aromatic heterocycles. The second kappa shape index (κ2) is 11.5. The normalized spacial score (nSPS) is 11.9. The van der Waals surface area contributed by atoms with E-state index in [0.717, 1.165) is 11.1 Å². The van der Waals surface area contributed by atoms with Crippen molar-refractivity contribution >= 4 is 31.4 Å². The van der Waals surface area contributed by atoms with Crippen LogP contribution >= 0.6 is 0 Å². The van der Waals surface area contributed by atoms with E-state index in [-0.39, 0.29) is 9.79 Å². The molecular weight excluding hydrogens is 532 g/mol. The molecule has 7 nitrogen and oxygen atoms in total. The highest BCUT2D eigenvalue weighted by Gasteiger charge is 2.16. The van der Waals surface area contributed by atoms with Crippen LogP contribution in [0.3, 0.4) is 0 Å². The molecule has 9 heteroatoms. The second-order valence-corrected chi connectivity index (χ2v) is 13.2. The molecule has 4 rings (SSSR count). The largest absolute Gasteiger partial charge is 0.457 e. The van der Waals surface area contributed by atoms with Crippen LogP contribution < -0.4 is 14.2 Å². The first kappa shape index (κ1) is 28.2. The topological polar surface area (TPSA) is 102 Å². The Hall–Kier alpha value is -3.82. The number of rotatable bonds is 10. The predicted octanol–water partition coefficient (Wildman–Crippen LogP) is 7.33. The maximum atomic E-state index is 12.7. The summed E-state index contributed by atoms with van der Waals surface area (Å²) in [6, 6.07) is 26.7. The number of benzene rings is 4. The van der Waals surface area contributed by atoms with Gasteiger partial charge in [-0.15, -0.1) is 0 Å². The Kier molecular flexibility index (Phi) is 8.32. The Bertz CT molecular complexity index is 1490. The first-order chi connectivity index (χ1) is 18.4. The number of anilines is 2. The van der Waals surface area contributed by atoms with Gasteiger partial charge in [0.1, 0.15) is 11.5 Å². The van der Waals surface area contributed by atoms with Gasteiger partial charge >= 0.3 is 0 Å². The standard InChI is InChI=1S/C30H32N2O5S2/c1-21(2)23-5-17-29(18-6-23)38(33,34)31-25-9-13-27(14-10-25)37-28-15-11-26(12-16-28)32-39(35,36)30-19-7-24(8-20-30)22(3)4/h5-22,31-32H,1-4H3. The summed E-state index contributed by atoms with van der Waals surface area (Å²) < 4.78 is 61.9. The lowest BCUT2D eigenvalue weighted by molar-refractivity contribution is 0.483. The minimum Gasteiger partial charge on any atom is -0.457 e. The fraction of sp³-hybridized carbons (Fsp3) is 0.200. The molecule has 0 amide bonds. The van der Waals surface area contributed by atoms with E-state index < -0.39 is 20.0 Å². The van der Waals surface area contributed by atoms with Gasteiger partial charge in [0.25, 0.3) is 20.0 Å². The van der Waals surface area contributed by atoms with Gasteiger partial charge in [-0.25, -0.2) is 16.8 Å². The molecular formula is C30H32N2O5S2. The minimum atomic E-state index is -3.72. The van der Waals surface area contributed by atoms with E-state index in [1.54, 1.807) is 72.8 Å². The van der Waals surface area contributed by atoms with Crippen molar-refractivity contribution in [3.05, 3.63) is 108 Å². The molecule has 0 aliphatic rings. The predicted molar refractivity (Wildman–Crippen MR) is 156 cm³/mol. The molecule has 0 atom stereocenters. The van der Waals surface area contributed by atoms with Crippen molar-refractivity contribution in [2.75, 3.05) is 9.44 Å². The fourth-order valence-corrected chi connectivity index (χ4v) is 5.93. The molecule has 0 unspecified atom stereocenters. The second-order valence-electron chi connectivity index (χ2n) is 9.81. The quantitative estimate of drug-likeness (QED) is 0.210. The molecule has 2 N–H and O–H groups in total. The SMILES string of the molecule is CC(C)c1ccc(S(=O)(=O)Nc2ccc(Oc3ccc(NS(=O)(=O)c4ccc(C(C)C)cc4)cc3)cc2)cc1. The Balaban J connectivity index is 1.37. The van der Waals surface area contributed by atoms with E-state index in [4.69, 9.17) is 4.74 Å². The Morgan fingerprint density at radius 1 is 0.487 bits per heavy atom. The molecule has 204 valence electrons. The summed E-state index contributed by atoms with van der Waals surface area (Å²) in [6.07, 6.45) is 0. The van der Waals surface area contributed by atoms with Crippen molar-refractivity contribution in [3.63, 3.8) is 0 Å². The van der Waals surface area contributed by atoms with Crippen LogP contribution in [0.15, 0.2) is 107 Å². The fourth-order valence-electron chi connectivity index (χ4n) is 3.81. The summed E-state index contributed by atoms with van der Waals surface area (Å²) in [6.45, 7) is 8.20. The van der Waals surface area contributed by atoms with Crippen LogP contribution in [0.2, 0.25) is 0 Å². The highest BCUT2D eigenvalue weighted by Crippen LogP contribution is 2.27. The zero-order valence-electron chi connectivity index (χ0n) is 22.3. The van der Waals surface area contributed by atoms with Crippen molar-refractivity contribution in [2.24, 2.45) is 0 Å². The van der Waals surface area contributed by atoms with Crippen molar-refractivity contribution in [1.29, 1.82) is 0 Å². The number of hydrogen-bond acceptors (Lipinski definition) is 5. The Morgan fingerprint density at radius 2 is 0.795 bits per heavy atom. The smallest absolute Gasteiger partial charge is 0.261 e. The molecule has 0 heterocycles. The van der Waals surface area contributed by atoms with Crippen LogP contribution in [0.4, 0.5) is 11.4 Å². The summed E-state index contributed by atoms with van der Waals surface area (Å²) in [5.74, 6) is 1.63. The molecule has 0 saturated carbocycles. The molecule has 0 aliphatic heterocycles. The van der Waals surface area contributed by atoms with Gasteiger partial charge in [0.15, 0.2) is 0 Å². The third kappa shape index (κ3) is 7.19. The summed E-state index contributed by atoms with van der Waals surface area (Å²) in [5, 5.41) is 0. The van der Waals surface area contributed by atoms with Crippen molar-refractivity contribution in [1.82, 2.24) is 0 Å². The monoisotopic (exact) mass is 564 g/mol. The third-order valence-electron chi connectivity index (χ3n) is 6.16. The maximum absolute atomic E-state index is 12.7. The molecule has 0 spiro atoms. The van der Waals surface area contributed by atoms with E-state index >= 15 is 0 Å². The van der Waals surface area contributed by atoms with E-state index in [2.05, 4.69) is 37.1 Å². The van der Waals surface area contributed by atoms with Gasteiger partial charge in [0.05, 0.1) is 9.79 Å². The highest BCUT2D eigenvalue weighted by molar-refractivity contribution is 7.93. The zero-order valence-corrected chi connectivity index (χ0v) is 23.9. The number of ether oxygens (including phenoxy) is 1. The van der Waals surface area contributed by atoms with Gasteiger partial charge in [-0.1, -0.05) is 52.0 Å². The van der Waals surface area contributed by atoms with Crippen LogP contribution in [0.25, 0.3) is 0 Å². The van der Waals surface area contributed by atoms with Crippen LogP contribution in [0, 0.1) is 0 Å². The molecule has 0 saturated heterocycles. The van der Waals surface area contributed by atoms with Crippen LogP contribution in [-0.4, -0.2) is 16.8 Å². The van der Waals surface area contributed by atoms with E-state index in [9.17, 15) is 16.8 Å². The lowest BCUT2D eigenvalue weighted by Gasteiger charge is -2.12. The Labute approximate surface area is 231 Å². The maximum Gasteiger partial charge on any atom is 0.261 e. The average Bonchev–Trinajstić information content (AvgIpc) is 2.90. The minimum absolute atomic E-state index is 0.190. The first-order valence-corrected chi connectivity index (χ1v) is 15.5. The molecule has 4 aromatic carbocycles. The van der Waals surface area contributed by atoms with Crippen LogP contribution in [0.1, 0.15) is 50.7 Å². The number of sulfonamides is 2. The van der Waals surface area contributed by atoms with Gasteiger partial charge in [-0.2, -0.15) is 0 Å². The van der Waals surface area contributed by atoms with E-state index in [0.29, 0.717) is 34.7 Å². The van der Waals surface area contributed by atoms with Crippen molar-refractivity contribution in [2.45, 2.75) is 49.3 Å². The van der Waals surface area contributed by atoms with Crippen LogP contribution in [-0.2, 0) is 20.0 Å². The van der Waals surface area contributed by atoms with Crippen molar-refractivity contribution in [3.8, 4) is 11.5 Å². The number of hydrogen-bond donors (Lipinski definition) is 2. The lowest BCUT2D eigenvalue weighted by atomic mass is 10.0. The molecule has 0 bridgehead atoms. The van der Waals surface area contributed by atoms with E-state index in [1.165, 1.54) is 0 Å². The molecule has 39 heavy (non-hydrogen) atoms. The van der Waals surface area contributed by atoms with Gasteiger partial charge in [-0.05, 0) is 95.8 Å². The van der Waals surface area contributed by atoms with Gasteiger partial charge in [0.2, 0.25) is 0 Å². The molecule has 4 aromatic rings. The average molecular weight is 565 g/mol. The van der Waals surface area contributed by atoms with E-state index in [1.807, 2.05) is 24.3 Å². The molecule has 0 fully saturated rings. The molecule has 0 radical (unpaired) electrons. The van der Waals surface area contributed by atoms with Crippen LogP contribution in [0.5, 0.6) is 11.5 Å². The zero-order chi connectivity index (χ0) is 28.2. The molecule has 0 aliphatic carbocycles. The van der Waals surface area contributed by atoms with Crippen molar-refractivity contribution < 1.29 is 21.6 Å². The lowest BCUT2D eigenvalue weighted by Crippen LogP contribution is -2.13. The summed E-state index contributed by atoms with van der Waals surface area (Å²) in [5.41, 5.74) is 2.94.